The minimum Gasteiger partial charge on any atom is -0.497 e. The highest BCUT2D eigenvalue weighted by molar-refractivity contribution is 14.1. The molecular formula is C22H16IN2O+. The molecule has 0 saturated carbocycles. The van der Waals surface area contributed by atoms with E-state index in [4.69, 9.17) is 4.74 Å². The van der Waals surface area contributed by atoms with Gasteiger partial charge >= 0.3 is 0 Å². The zero-order valence-electron chi connectivity index (χ0n) is 14.2. The van der Waals surface area contributed by atoms with Crippen molar-refractivity contribution < 1.29 is 9.14 Å². The first-order valence-electron chi connectivity index (χ1n) is 8.44. The molecule has 5 aromatic rings. The zero-order valence-corrected chi connectivity index (χ0v) is 16.3. The normalized spacial score (nSPS) is 11.5. The van der Waals surface area contributed by atoms with Crippen molar-refractivity contribution in [3.05, 3.63) is 82.7 Å². The van der Waals surface area contributed by atoms with Crippen molar-refractivity contribution in [2.75, 3.05) is 7.11 Å². The van der Waals surface area contributed by atoms with E-state index in [0.29, 0.717) is 0 Å². The largest absolute Gasteiger partial charge is 0.497 e. The molecule has 0 aliphatic rings. The van der Waals surface area contributed by atoms with Crippen LogP contribution in [0, 0.1) is 3.57 Å². The van der Waals surface area contributed by atoms with Gasteiger partial charge in [-0.05, 0) is 59.0 Å². The van der Waals surface area contributed by atoms with Gasteiger partial charge in [0.1, 0.15) is 11.9 Å². The van der Waals surface area contributed by atoms with Crippen LogP contribution in [0.3, 0.4) is 0 Å². The van der Waals surface area contributed by atoms with Crippen LogP contribution >= 0.6 is 22.6 Å². The molecule has 0 bridgehead atoms. The van der Waals surface area contributed by atoms with Crippen molar-refractivity contribution in [1.29, 1.82) is 0 Å². The van der Waals surface area contributed by atoms with E-state index in [0.717, 1.165) is 11.4 Å². The van der Waals surface area contributed by atoms with Gasteiger partial charge in [0.2, 0.25) is 0 Å². The van der Waals surface area contributed by atoms with Gasteiger partial charge in [0.25, 0.3) is 5.65 Å². The van der Waals surface area contributed by atoms with Crippen LogP contribution < -0.4 is 9.14 Å². The fraction of sp³-hybridized carbons (Fsp3) is 0.0455. The summed E-state index contributed by atoms with van der Waals surface area (Å²) in [6.45, 7) is 0. The summed E-state index contributed by atoms with van der Waals surface area (Å²) in [5.74, 6) is 0.868. The average molecular weight is 451 g/mol. The molecule has 3 heterocycles. The fourth-order valence-electron chi connectivity index (χ4n) is 3.61. The molecule has 0 amide bonds. The van der Waals surface area contributed by atoms with Gasteiger partial charge in [0, 0.05) is 22.4 Å². The van der Waals surface area contributed by atoms with Crippen LogP contribution in [0.25, 0.3) is 33.2 Å². The standard InChI is InChI=1S/C22H16IN2O/c1-26-16-11-9-15(10-12-16)22-21(23)18-7-3-2-6-17(18)19-14-24-13-5-4-8-20(24)25(19)22/h2-14H,1H3/q+1. The molecule has 0 radical (unpaired) electrons. The first kappa shape index (κ1) is 15.6. The number of hydrogen-bond acceptors (Lipinski definition) is 1. The Morgan fingerprint density at radius 3 is 2.38 bits per heavy atom. The number of halogens is 1. The van der Waals surface area contributed by atoms with E-state index in [-0.39, 0.29) is 0 Å². The first-order chi connectivity index (χ1) is 12.8. The Balaban J connectivity index is 2.00. The maximum absolute atomic E-state index is 5.34. The second-order valence-corrected chi connectivity index (χ2v) is 7.33. The van der Waals surface area contributed by atoms with E-state index in [1.54, 1.807) is 7.11 Å². The topological polar surface area (TPSA) is 17.7 Å². The van der Waals surface area contributed by atoms with E-state index >= 15 is 0 Å². The summed E-state index contributed by atoms with van der Waals surface area (Å²) in [6.07, 6.45) is 4.31. The number of nitrogens with zero attached hydrogens (tertiary/aromatic N) is 2. The number of pyridine rings is 2. The lowest BCUT2D eigenvalue weighted by Crippen LogP contribution is -2.17. The van der Waals surface area contributed by atoms with Gasteiger partial charge in [0.05, 0.1) is 16.9 Å². The number of methoxy groups -OCH3 is 1. The fourth-order valence-corrected chi connectivity index (χ4v) is 4.63. The van der Waals surface area contributed by atoms with Gasteiger partial charge in [-0.3, -0.25) is 0 Å². The molecule has 4 heteroatoms. The summed E-state index contributed by atoms with van der Waals surface area (Å²) in [7, 11) is 1.70. The summed E-state index contributed by atoms with van der Waals surface area (Å²) in [6, 6.07) is 23.2. The van der Waals surface area contributed by atoms with E-state index in [1.165, 1.54) is 31.1 Å². The number of fused-ring (bicyclic) bond motifs is 5. The van der Waals surface area contributed by atoms with Gasteiger partial charge in [-0.25, -0.2) is 4.40 Å². The van der Waals surface area contributed by atoms with Gasteiger partial charge in [0.15, 0.2) is 11.2 Å². The Labute approximate surface area is 164 Å². The third-order valence-electron chi connectivity index (χ3n) is 4.83. The lowest BCUT2D eigenvalue weighted by Gasteiger charge is -2.09. The summed E-state index contributed by atoms with van der Waals surface area (Å²) < 4.78 is 11.1. The molecule has 0 unspecified atom stereocenters. The number of rotatable bonds is 2. The van der Waals surface area contributed by atoms with Gasteiger partial charge in [-0.1, -0.05) is 24.3 Å². The van der Waals surface area contributed by atoms with Crippen LogP contribution in [-0.4, -0.2) is 11.5 Å². The molecule has 3 nitrogen and oxygen atoms in total. The van der Waals surface area contributed by atoms with Crippen LogP contribution in [-0.2, 0) is 0 Å². The van der Waals surface area contributed by atoms with Gasteiger partial charge in [-0.15, -0.1) is 0 Å². The van der Waals surface area contributed by atoms with Crippen molar-refractivity contribution in [3.63, 3.8) is 0 Å². The van der Waals surface area contributed by atoms with Crippen LogP contribution in [0.2, 0.25) is 0 Å². The van der Waals surface area contributed by atoms with Crippen molar-refractivity contribution in [3.8, 4) is 17.0 Å². The van der Waals surface area contributed by atoms with Crippen molar-refractivity contribution in [2.24, 2.45) is 0 Å². The molecule has 126 valence electrons. The number of ether oxygens (including phenoxy) is 1. The summed E-state index contributed by atoms with van der Waals surface area (Å²) in [5.41, 5.74) is 4.73. The SMILES string of the molecule is COc1ccc(-c2c(I)c3ccccc3c3c[n+]4ccccc4n23)cc1. The Morgan fingerprint density at radius 1 is 0.885 bits per heavy atom. The third-order valence-corrected chi connectivity index (χ3v) is 5.93. The van der Waals surface area contributed by atoms with Crippen LogP contribution in [0.15, 0.2) is 79.1 Å². The highest BCUT2D eigenvalue weighted by Crippen LogP contribution is 2.35. The predicted octanol–water partition coefficient (Wildman–Crippen LogP) is 5.11. The Morgan fingerprint density at radius 2 is 1.62 bits per heavy atom. The van der Waals surface area contributed by atoms with E-state index in [2.05, 4.69) is 98.4 Å². The summed E-state index contributed by atoms with van der Waals surface area (Å²) >= 11 is 2.48. The van der Waals surface area contributed by atoms with Gasteiger partial charge < -0.3 is 4.74 Å². The maximum Gasteiger partial charge on any atom is 0.291 e. The number of benzene rings is 2. The maximum atomic E-state index is 5.34. The molecule has 26 heavy (non-hydrogen) atoms. The molecule has 0 saturated heterocycles. The van der Waals surface area contributed by atoms with E-state index in [9.17, 15) is 0 Å². The smallest absolute Gasteiger partial charge is 0.291 e. The van der Waals surface area contributed by atoms with E-state index < -0.39 is 0 Å². The minimum atomic E-state index is 0.868. The lowest BCUT2D eigenvalue weighted by atomic mass is 10.1. The Bertz CT molecular complexity index is 1270. The molecule has 0 N–H and O–H groups in total. The van der Waals surface area contributed by atoms with Crippen molar-refractivity contribution >= 4 is 44.5 Å². The third kappa shape index (κ3) is 2.22. The minimum absolute atomic E-state index is 0.868. The molecule has 0 aliphatic carbocycles. The predicted molar refractivity (Wildman–Crippen MR) is 113 cm³/mol. The molecule has 0 atom stereocenters. The van der Waals surface area contributed by atoms with Crippen LogP contribution in [0.5, 0.6) is 5.75 Å². The quantitative estimate of drug-likeness (QED) is 0.270. The molecule has 0 spiro atoms. The molecular weight excluding hydrogens is 435 g/mol. The van der Waals surface area contributed by atoms with Crippen molar-refractivity contribution in [1.82, 2.24) is 4.40 Å². The second-order valence-electron chi connectivity index (χ2n) is 6.25. The van der Waals surface area contributed by atoms with Crippen LogP contribution in [0.4, 0.5) is 0 Å². The monoisotopic (exact) mass is 451 g/mol. The molecule has 0 fully saturated rings. The Hall–Kier alpha value is -2.60. The second kappa shape index (κ2) is 5.99. The highest BCUT2D eigenvalue weighted by atomic mass is 127. The number of aromatic nitrogens is 2. The summed E-state index contributed by atoms with van der Waals surface area (Å²) in [4.78, 5) is 0. The molecule has 3 aromatic heterocycles. The Kier molecular flexibility index (Phi) is 3.60. The lowest BCUT2D eigenvalue weighted by molar-refractivity contribution is -0.509. The highest BCUT2D eigenvalue weighted by Gasteiger charge is 2.23. The molecule has 5 rings (SSSR count). The average Bonchev–Trinajstić information content (AvgIpc) is 3.08. The number of imidazole rings is 1. The van der Waals surface area contributed by atoms with E-state index in [1.807, 2.05) is 12.1 Å². The molecule has 2 aromatic carbocycles. The zero-order chi connectivity index (χ0) is 17.7. The first-order valence-corrected chi connectivity index (χ1v) is 9.52. The molecule has 0 aliphatic heterocycles. The summed E-state index contributed by atoms with van der Waals surface area (Å²) in [5, 5.41) is 2.53. The van der Waals surface area contributed by atoms with Crippen LogP contribution in [0.1, 0.15) is 0 Å². The van der Waals surface area contributed by atoms with Gasteiger partial charge in [-0.2, -0.15) is 4.40 Å². The van der Waals surface area contributed by atoms with Crippen molar-refractivity contribution in [2.45, 2.75) is 0 Å². The number of hydrogen-bond donors (Lipinski definition) is 0.